The lowest BCUT2D eigenvalue weighted by Gasteiger charge is -2.18. The number of rotatable bonds is 7. The first-order valence-corrected chi connectivity index (χ1v) is 6.25. The van der Waals surface area contributed by atoms with Crippen LogP contribution < -0.4 is 10.6 Å². The van der Waals surface area contributed by atoms with E-state index in [1.807, 2.05) is 0 Å². The highest BCUT2D eigenvalue weighted by Crippen LogP contribution is 2.14. The summed E-state index contributed by atoms with van der Waals surface area (Å²) in [6.07, 6.45) is 1.13. The minimum atomic E-state index is 0.482. The third kappa shape index (κ3) is 4.77. The van der Waals surface area contributed by atoms with E-state index in [9.17, 15) is 0 Å². The summed E-state index contributed by atoms with van der Waals surface area (Å²) < 4.78 is 0. The molecule has 16 heavy (non-hydrogen) atoms. The molecule has 1 unspecified atom stereocenters. The van der Waals surface area contributed by atoms with Gasteiger partial charge in [-0.1, -0.05) is 51.1 Å². The molecule has 1 rings (SSSR count). The molecule has 2 heteroatoms. The Morgan fingerprint density at radius 1 is 1.00 bits per heavy atom. The fourth-order valence-corrected chi connectivity index (χ4v) is 1.79. The van der Waals surface area contributed by atoms with Crippen LogP contribution in [0.25, 0.3) is 0 Å². The summed E-state index contributed by atoms with van der Waals surface area (Å²) in [6.45, 7) is 8.62. The molecule has 0 bridgehead atoms. The molecule has 0 aliphatic carbocycles. The molecule has 0 spiro atoms. The fourth-order valence-electron chi connectivity index (χ4n) is 1.79. The topological polar surface area (TPSA) is 24.1 Å². The highest BCUT2D eigenvalue weighted by Gasteiger charge is 2.06. The third-order valence-corrected chi connectivity index (χ3v) is 2.68. The Kier molecular flexibility index (Phi) is 6.12. The van der Waals surface area contributed by atoms with Crippen LogP contribution in [0.5, 0.6) is 0 Å². The summed E-state index contributed by atoms with van der Waals surface area (Å²) in [5, 5.41) is 6.99. The quantitative estimate of drug-likeness (QED) is 0.690. The van der Waals surface area contributed by atoms with E-state index >= 15 is 0 Å². The summed E-state index contributed by atoms with van der Waals surface area (Å²) in [5.41, 5.74) is 1.38. The van der Waals surface area contributed by atoms with Gasteiger partial charge in [0.05, 0.1) is 0 Å². The molecule has 0 aliphatic rings. The van der Waals surface area contributed by atoms with Gasteiger partial charge in [-0.15, -0.1) is 0 Å². The van der Waals surface area contributed by atoms with Crippen molar-refractivity contribution in [2.24, 2.45) is 0 Å². The molecule has 1 aromatic carbocycles. The molecule has 2 N–H and O–H groups in total. The minimum absolute atomic E-state index is 0.482. The minimum Gasteiger partial charge on any atom is -0.313 e. The molecule has 90 valence electrons. The second-order valence-corrected chi connectivity index (χ2v) is 4.43. The average molecular weight is 220 g/mol. The number of hydrogen-bond acceptors (Lipinski definition) is 2. The highest BCUT2D eigenvalue weighted by atomic mass is 15.0. The summed E-state index contributed by atoms with van der Waals surface area (Å²) in [4.78, 5) is 0. The zero-order chi connectivity index (χ0) is 11.8. The maximum Gasteiger partial charge on any atom is 0.0318 e. The first-order chi connectivity index (χ1) is 7.74. The first-order valence-electron chi connectivity index (χ1n) is 6.25. The van der Waals surface area contributed by atoms with Gasteiger partial charge in [-0.2, -0.15) is 0 Å². The van der Waals surface area contributed by atoms with Crippen molar-refractivity contribution in [3.05, 3.63) is 35.9 Å². The molecular formula is C14H24N2. The second-order valence-electron chi connectivity index (χ2n) is 4.43. The Hall–Kier alpha value is -0.860. The van der Waals surface area contributed by atoms with Crippen molar-refractivity contribution in [3.8, 4) is 0 Å². The number of benzene rings is 1. The SMILES string of the molecule is CCC(NCCNC(C)C)c1ccccc1. The Morgan fingerprint density at radius 2 is 1.62 bits per heavy atom. The van der Waals surface area contributed by atoms with Crippen LogP contribution in [0, 0.1) is 0 Å². The van der Waals surface area contributed by atoms with Crippen molar-refractivity contribution in [2.75, 3.05) is 13.1 Å². The van der Waals surface area contributed by atoms with Crippen LogP contribution >= 0.6 is 0 Å². The molecule has 1 aromatic rings. The zero-order valence-corrected chi connectivity index (χ0v) is 10.7. The Morgan fingerprint density at radius 3 is 2.19 bits per heavy atom. The van der Waals surface area contributed by atoms with Gasteiger partial charge in [-0.05, 0) is 12.0 Å². The smallest absolute Gasteiger partial charge is 0.0318 e. The van der Waals surface area contributed by atoms with Crippen LogP contribution in [0.3, 0.4) is 0 Å². The molecule has 0 heterocycles. The Bertz CT molecular complexity index is 269. The molecular weight excluding hydrogens is 196 g/mol. The lowest BCUT2D eigenvalue weighted by molar-refractivity contribution is 0.489. The maximum absolute atomic E-state index is 3.58. The van der Waals surface area contributed by atoms with Crippen molar-refractivity contribution in [3.63, 3.8) is 0 Å². The van der Waals surface area contributed by atoms with Crippen molar-refractivity contribution in [2.45, 2.75) is 39.3 Å². The molecule has 0 fully saturated rings. The second kappa shape index (κ2) is 7.42. The number of nitrogens with one attached hydrogen (secondary N) is 2. The van der Waals surface area contributed by atoms with E-state index in [4.69, 9.17) is 0 Å². The number of hydrogen-bond donors (Lipinski definition) is 2. The van der Waals surface area contributed by atoms with Crippen LogP contribution in [-0.4, -0.2) is 19.1 Å². The van der Waals surface area contributed by atoms with E-state index in [0.717, 1.165) is 19.5 Å². The monoisotopic (exact) mass is 220 g/mol. The fraction of sp³-hybridized carbons (Fsp3) is 0.571. The van der Waals surface area contributed by atoms with Gasteiger partial charge >= 0.3 is 0 Å². The van der Waals surface area contributed by atoms with Crippen molar-refractivity contribution in [1.82, 2.24) is 10.6 Å². The molecule has 0 aromatic heterocycles. The highest BCUT2D eigenvalue weighted by molar-refractivity contribution is 5.18. The normalized spacial score (nSPS) is 13.0. The molecule has 0 saturated carbocycles. The van der Waals surface area contributed by atoms with Crippen LogP contribution in [-0.2, 0) is 0 Å². The first kappa shape index (κ1) is 13.2. The molecule has 0 saturated heterocycles. The van der Waals surface area contributed by atoms with Crippen LogP contribution in [0.2, 0.25) is 0 Å². The van der Waals surface area contributed by atoms with Gasteiger partial charge in [0.25, 0.3) is 0 Å². The molecule has 0 radical (unpaired) electrons. The van der Waals surface area contributed by atoms with Gasteiger partial charge in [-0.3, -0.25) is 0 Å². The van der Waals surface area contributed by atoms with Crippen molar-refractivity contribution in [1.29, 1.82) is 0 Å². The van der Waals surface area contributed by atoms with Crippen LogP contribution in [0.4, 0.5) is 0 Å². The molecule has 2 nitrogen and oxygen atoms in total. The van der Waals surface area contributed by atoms with E-state index in [1.54, 1.807) is 0 Å². The standard InChI is InChI=1S/C14H24N2/c1-4-14(13-8-6-5-7-9-13)16-11-10-15-12(2)3/h5-9,12,14-16H,4,10-11H2,1-3H3. The Labute approximate surface area is 99.5 Å². The van der Waals surface area contributed by atoms with E-state index in [2.05, 4.69) is 61.7 Å². The zero-order valence-electron chi connectivity index (χ0n) is 10.7. The lowest BCUT2D eigenvalue weighted by atomic mass is 10.0. The maximum atomic E-state index is 3.58. The Balaban J connectivity index is 2.33. The van der Waals surface area contributed by atoms with Crippen LogP contribution in [0.15, 0.2) is 30.3 Å². The molecule has 0 aliphatic heterocycles. The van der Waals surface area contributed by atoms with E-state index in [-0.39, 0.29) is 0 Å². The molecule has 0 amide bonds. The third-order valence-electron chi connectivity index (χ3n) is 2.68. The summed E-state index contributed by atoms with van der Waals surface area (Å²) in [7, 11) is 0. The van der Waals surface area contributed by atoms with E-state index in [1.165, 1.54) is 5.56 Å². The summed E-state index contributed by atoms with van der Waals surface area (Å²) in [5.74, 6) is 0. The molecule has 1 atom stereocenters. The largest absolute Gasteiger partial charge is 0.313 e. The van der Waals surface area contributed by atoms with Crippen LogP contribution in [0.1, 0.15) is 38.8 Å². The predicted octanol–water partition coefficient (Wildman–Crippen LogP) is 2.73. The van der Waals surface area contributed by atoms with Gasteiger partial charge < -0.3 is 10.6 Å². The van der Waals surface area contributed by atoms with Gasteiger partial charge in [0, 0.05) is 25.2 Å². The van der Waals surface area contributed by atoms with E-state index < -0.39 is 0 Å². The van der Waals surface area contributed by atoms with E-state index in [0.29, 0.717) is 12.1 Å². The van der Waals surface area contributed by atoms with Gasteiger partial charge in [0.1, 0.15) is 0 Å². The van der Waals surface area contributed by atoms with Gasteiger partial charge in [-0.25, -0.2) is 0 Å². The van der Waals surface area contributed by atoms with Crippen molar-refractivity contribution >= 4 is 0 Å². The van der Waals surface area contributed by atoms with Gasteiger partial charge in [0.15, 0.2) is 0 Å². The van der Waals surface area contributed by atoms with Gasteiger partial charge in [0.2, 0.25) is 0 Å². The summed E-state index contributed by atoms with van der Waals surface area (Å²) in [6, 6.07) is 11.7. The lowest BCUT2D eigenvalue weighted by Crippen LogP contribution is -2.33. The average Bonchev–Trinajstić information content (AvgIpc) is 2.30. The predicted molar refractivity (Wildman–Crippen MR) is 70.6 cm³/mol. The summed E-state index contributed by atoms with van der Waals surface area (Å²) >= 11 is 0. The van der Waals surface area contributed by atoms with Crippen molar-refractivity contribution < 1.29 is 0 Å².